The van der Waals surface area contributed by atoms with E-state index in [4.69, 9.17) is 15.2 Å². The minimum atomic E-state index is -0.815. The predicted octanol–water partition coefficient (Wildman–Crippen LogP) is 2.02. The Morgan fingerprint density at radius 1 is 1.25 bits per heavy atom. The summed E-state index contributed by atoms with van der Waals surface area (Å²) in [6.45, 7) is 5.22. The molecule has 0 bridgehead atoms. The lowest BCUT2D eigenvalue weighted by molar-refractivity contribution is -0.147. The van der Waals surface area contributed by atoms with Crippen LogP contribution in [0.4, 0.5) is 4.79 Å². The summed E-state index contributed by atoms with van der Waals surface area (Å²) >= 11 is 0. The number of hydrogen-bond acceptors (Lipinski definition) is 5. The first-order valence-corrected chi connectivity index (χ1v) is 7.65. The SMILES string of the molecule is COc1ccc(C(C)=O)cc1COC(=O)[C@@H](CC(C)C)NC(N)=O. The highest BCUT2D eigenvalue weighted by molar-refractivity contribution is 5.94. The highest BCUT2D eigenvalue weighted by Crippen LogP contribution is 2.21. The maximum Gasteiger partial charge on any atom is 0.329 e. The number of benzene rings is 1. The molecule has 7 heteroatoms. The van der Waals surface area contributed by atoms with E-state index in [1.165, 1.54) is 14.0 Å². The molecular weight excluding hydrogens is 312 g/mol. The zero-order chi connectivity index (χ0) is 18.3. The van der Waals surface area contributed by atoms with Crippen LogP contribution in [0.5, 0.6) is 5.75 Å². The molecule has 0 spiro atoms. The molecular formula is C17H24N2O5. The monoisotopic (exact) mass is 336 g/mol. The zero-order valence-electron chi connectivity index (χ0n) is 14.4. The van der Waals surface area contributed by atoms with E-state index in [9.17, 15) is 14.4 Å². The number of nitrogens with one attached hydrogen (secondary N) is 1. The molecule has 7 nitrogen and oxygen atoms in total. The van der Waals surface area contributed by atoms with Gasteiger partial charge in [0.05, 0.1) is 7.11 Å². The Balaban J connectivity index is 2.85. The number of carbonyl (C=O) groups is 3. The number of methoxy groups -OCH3 is 1. The number of amides is 2. The summed E-state index contributed by atoms with van der Waals surface area (Å²) in [6.07, 6.45) is 0.409. The first-order valence-electron chi connectivity index (χ1n) is 7.65. The number of hydrogen-bond donors (Lipinski definition) is 2. The van der Waals surface area contributed by atoms with E-state index in [1.54, 1.807) is 18.2 Å². The molecule has 0 aliphatic heterocycles. The molecule has 0 aliphatic carbocycles. The van der Waals surface area contributed by atoms with Crippen molar-refractivity contribution in [1.29, 1.82) is 0 Å². The third-order valence-corrected chi connectivity index (χ3v) is 3.36. The van der Waals surface area contributed by atoms with Gasteiger partial charge in [0.25, 0.3) is 0 Å². The van der Waals surface area contributed by atoms with Crippen LogP contribution >= 0.6 is 0 Å². The van der Waals surface area contributed by atoms with Gasteiger partial charge in [0, 0.05) is 11.1 Å². The van der Waals surface area contributed by atoms with Gasteiger partial charge in [-0.2, -0.15) is 0 Å². The van der Waals surface area contributed by atoms with Gasteiger partial charge in [-0.15, -0.1) is 0 Å². The Labute approximate surface area is 141 Å². The summed E-state index contributed by atoms with van der Waals surface area (Å²) in [6, 6.07) is 3.31. The molecule has 132 valence electrons. The van der Waals surface area contributed by atoms with Crippen molar-refractivity contribution in [3.05, 3.63) is 29.3 Å². The normalized spacial score (nSPS) is 11.7. The largest absolute Gasteiger partial charge is 0.496 e. The second-order valence-corrected chi connectivity index (χ2v) is 5.88. The fraction of sp³-hybridized carbons (Fsp3) is 0.471. The van der Waals surface area contributed by atoms with Crippen molar-refractivity contribution in [3.8, 4) is 5.75 Å². The lowest BCUT2D eigenvalue weighted by atomic mass is 10.0. The van der Waals surface area contributed by atoms with Crippen molar-refractivity contribution < 1.29 is 23.9 Å². The zero-order valence-corrected chi connectivity index (χ0v) is 14.4. The number of ether oxygens (including phenoxy) is 2. The average molecular weight is 336 g/mol. The van der Waals surface area contributed by atoms with Gasteiger partial charge < -0.3 is 20.5 Å². The van der Waals surface area contributed by atoms with Crippen LogP contribution in [0.1, 0.15) is 43.1 Å². The second-order valence-electron chi connectivity index (χ2n) is 5.88. The van der Waals surface area contributed by atoms with Gasteiger partial charge in [0.2, 0.25) is 0 Å². The molecule has 0 radical (unpaired) electrons. The van der Waals surface area contributed by atoms with Gasteiger partial charge in [-0.05, 0) is 37.5 Å². The molecule has 0 unspecified atom stereocenters. The summed E-state index contributed by atoms with van der Waals surface area (Å²) in [5.74, 6) is -0.00265. The van der Waals surface area contributed by atoms with Crippen molar-refractivity contribution in [2.24, 2.45) is 11.7 Å². The molecule has 1 aromatic rings. The smallest absolute Gasteiger partial charge is 0.329 e. The van der Waals surface area contributed by atoms with Crippen LogP contribution in [-0.2, 0) is 16.1 Å². The third kappa shape index (κ3) is 5.91. The predicted molar refractivity (Wildman–Crippen MR) is 88.8 cm³/mol. The van der Waals surface area contributed by atoms with Crippen molar-refractivity contribution in [1.82, 2.24) is 5.32 Å². The molecule has 0 fully saturated rings. The molecule has 1 rings (SSSR count). The van der Waals surface area contributed by atoms with E-state index in [0.717, 1.165) is 0 Å². The van der Waals surface area contributed by atoms with E-state index in [2.05, 4.69) is 5.32 Å². The molecule has 2 amide bonds. The van der Waals surface area contributed by atoms with E-state index < -0.39 is 18.0 Å². The van der Waals surface area contributed by atoms with E-state index in [-0.39, 0.29) is 18.3 Å². The van der Waals surface area contributed by atoms with Gasteiger partial charge in [0.1, 0.15) is 18.4 Å². The Kier molecular flexibility index (Phi) is 7.23. The highest BCUT2D eigenvalue weighted by atomic mass is 16.5. The molecule has 0 aromatic heterocycles. The number of rotatable bonds is 8. The number of urea groups is 1. The molecule has 0 aliphatic rings. The molecule has 1 aromatic carbocycles. The molecule has 0 saturated heterocycles. The van der Waals surface area contributed by atoms with Crippen LogP contribution in [0.2, 0.25) is 0 Å². The van der Waals surface area contributed by atoms with E-state index in [1.807, 2.05) is 13.8 Å². The molecule has 0 heterocycles. The Hall–Kier alpha value is -2.57. The molecule has 1 atom stereocenters. The summed E-state index contributed by atoms with van der Waals surface area (Å²) in [5.41, 5.74) is 6.16. The lowest BCUT2D eigenvalue weighted by Crippen LogP contribution is -2.45. The second kappa shape index (κ2) is 8.90. The van der Waals surface area contributed by atoms with Gasteiger partial charge >= 0.3 is 12.0 Å². The fourth-order valence-corrected chi connectivity index (χ4v) is 2.22. The van der Waals surface area contributed by atoms with Gasteiger partial charge in [0.15, 0.2) is 5.78 Å². The van der Waals surface area contributed by atoms with Gasteiger partial charge in [-0.25, -0.2) is 9.59 Å². The number of ketones is 1. The number of primary amides is 1. The Bertz CT molecular complexity index is 613. The standard InChI is InChI=1S/C17H24N2O5/c1-10(2)7-14(19-17(18)22)16(21)24-9-13-8-12(11(3)20)5-6-15(13)23-4/h5-6,8,10,14H,7,9H2,1-4H3,(H3,18,19,22)/t14-/m1/s1. The van der Waals surface area contributed by atoms with E-state index in [0.29, 0.717) is 23.3 Å². The van der Waals surface area contributed by atoms with Crippen molar-refractivity contribution >= 4 is 17.8 Å². The Morgan fingerprint density at radius 3 is 2.42 bits per heavy atom. The van der Waals surface area contributed by atoms with E-state index >= 15 is 0 Å². The lowest BCUT2D eigenvalue weighted by Gasteiger charge is -2.19. The van der Waals surface area contributed by atoms with Crippen LogP contribution < -0.4 is 15.8 Å². The van der Waals surface area contributed by atoms with Crippen LogP contribution in [-0.4, -0.2) is 30.9 Å². The number of Topliss-reactive ketones (excluding diaryl/α,β-unsaturated/α-hetero) is 1. The van der Waals surface area contributed by atoms with Crippen LogP contribution in [0.25, 0.3) is 0 Å². The van der Waals surface area contributed by atoms with Crippen molar-refractivity contribution in [2.45, 2.75) is 39.8 Å². The third-order valence-electron chi connectivity index (χ3n) is 3.36. The minimum absolute atomic E-state index is 0.0713. The maximum absolute atomic E-state index is 12.2. The summed E-state index contributed by atoms with van der Waals surface area (Å²) in [7, 11) is 1.49. The number of esters is 1. The summed E-state index contributed by atoms with van der Waals surface area (Å²) in [5, 5.41) is 2.38. The topological polar surface area (TPSA) is 108 Å². The number of nitrogens with two attached hydrogens (primary N) is 1. The van der Waals surface area contributed by atoms with Crippen molar-refractivity contribution in [2.75, 3.05) is 7.11 Å². The summed E-state index contributed by atoms with van der Waals surface area (Å²) < 4.78 is 10.5. The first-order chi connectivity index (χ1) is 11.2. The quantitative estimate of drug-likeness (QED) is 0.558. The highest BCUT2D eigenvalue weighted by Gasteiger charge is 2.23. The fourth-order valence-electron chi connectivity index (χ4n) is 2.22. The maximum atomic E-state index is 12.2. The van der Waals surface area contributed by atoms with Crippen molar-refractivity contribution in [3.63, 3.8) is 0 Å². The minimum Gasteiger partial charge on any atom is -0.496 e. The molecule has 3 N–H and O–H groups in total. The summed E-state index contributed by atoms with van der Waals surface area (Å²) in [4.78, 5) is 34.7. The first kappa shape index (κ1) is 19.5. The van der Waals surface area contributed by atoms with Crippen LogP contribution in [0.15, 0.2) is 18.2 Å². The van der Waals surface area contributed by atoms with Gasteiger partial charge in [-0.3, -0.25) is 4.79 Å². The van der Waals surface area contributed by atoms with Gasteiger partial charge in [-0.1, -0.05) is 13.8 Å². The molecule has 24 heavy (non-hydrogen) atoms. The van der Waals surface area contributed by atoms with Crippen LogP contribution in [0.3, 0.4) is 0 Å². The average Bonchev–Trinajstić information content (AvgIpc) is 2.50. The number of carbonyl (C=O) groups excluding carboxylic acids is 3. The Morgan fingerprint density at radius 2 is 1.92 bits per heavy atom. The molecule has 0 saturated carbocycles. The van der Waals surface area contributed by atoms with Crippen LogP contribution in [0, 0.1) is 5.92 Å².